The molecule has 1 heterocycles. The Morgan fingerprint density at radius 2 is 1.49 bits per heavy atom. The van der Waals surface area contributed by atoms with Crippen LogP contribution < -0.4 is 5.32 Å². The van der Waals surface area contributed by atoms with Gasteiger partial charge in [0, 0.05) is 29.6 Å². The average Bonchev–Trinajstić information content (AvgIpc) is 3.13. The molecule has 1 N–H and O–H groups in total. The maximum Gasteiger partial charge on any atom is 0.269 e. The molecule has 8 nitrogen and oxygen atoms in total. The largest absolute Gasteiger partial charge is 0.324 e. The van der Waals surface area contributed by atoms with Gasteiger partial charge in [0.05, 0.1) is 16.1 Å². The summed E-state index contributed by atoms with van der Waals surface area (Å²) in [6.45, 7) is 0. The Kier molecular flexibility index (Phi) is 5.54. The molecule has 172 valence electrons. The second-order valence-electron chi connectivity index (χ2n) is 8.19. The molecule has 35 heavy (non-hydrogen) atoms. The molecule has 1 aliphatic heterocycles. The van der Waals surface area contributed by atoms with Crippen LogP contribution in [0, 0.1) is 10.1 Å². The Morgan fingerprint density at radius 1 is 0.857 bits per heavy atom. The van der Waals surface area contributed by atoms with E-state index in [0.29, 0.717) is 11.3 Å². The van der Waals surface area contributed by atoms with E-state index in [1.165, 1.54) is 18.2 Å². The van der Waals surface area contributed by atoms with Gasteiger partial charge in [-0.25, -0.2) is 0 Å². The van der Waals surface area contributed by atoms with Gasteiger partial charge in [-0.15, -0.1) is 0 Å². The number of non-ortho nitro benzene ring substituents is 1. The number of imide groups is 1. The molecule has 0 fully saturated rings. The third-order valence-corrected chi connectivity index (χ3v) is 6.04. The number of carbonyl (C=O) groups excluding carboxylic acids is 3. The first kappa shape index (κ1) is 22.0. The van der Waals surface area contributed by atoms with Gasteiger partial charge in [0.1, 0.15) is 6.04 Å². The van der Waals surface area contributed by atoms with Gasteiger partial charge < -0.3 is 5.32 Å². The highest BCUT2D eigenvalue weighted by Crippen LogP contribution is 2.29. The average molecular weight is 465 g/mol. The summed E-state index contributed by atoms with van der Waals surface area (Å²) in [7, 11) is 0. The molecule has 0 saturated carbocycles. The number of nitro groups is 1. The van der Waals surface area contributed by atoms with Crippen molar-refractivity contribution in [2.45, 2.75) is 12.5 Å². The van der Waals surface area contributed by atoms with Gasteiger partial charge >= 0.3 is 0 Å². The third kappa shape index (κ3) is 4.02. The maximum absolute atomic E-state index is 13.6. The highest BCUT2D eigenvalue weighted by atomic mass is 16.6. The number of nitrogens with zero attached hydrogens (tertiary/aromatic N) is 2. The minimum absolute atomic E-state index is 0.0796. The predicted octanol–water partition coefficient (Wildman–Crippen LogP) is 4.59. The van der Waals surface area contributed by atoms with Gasteiger partial charge in [0.15, 0.2) is 0 Å². The minimum atomic E-state index is -1.22. The van der Waals surface area contributed by atoms with Gasteiger partial charge in [-0.1, -0.05) is 60.7 Å². The number of amides is 3. The summed E-state index contributed by atoms with van der Waals surface area (Å²) in [6, 6.07) is 24.0. The van der Waals surface area contributed by atoms with Crippen molar-refractivity contribution < 1.29 is 19.3 Å². The summed E-state index contributed by atoms with van der Waals surface area (Å²) in [6.07, 6.45) is -0.0796. The number of fused-ring (bicyclic) bond motifs is 2. The van der Waals surface area contributed by atoms with Crippen molar-refractivity contribution in [2.75, 3.05) is 5.32 Å². The molecule has 0 bridgehead atoms. The van der Waals surface area contributed by atoms with Crippen LogP contribution in [0.3, 0.4) is 0 Å². The van der Waals surface area contributed by atoms with Crippen LogP contribution in [-0.4, -0.2) is 33.6 Å². The molecule has 4 aromatic rings. The molecule has 0 aliphatic carbocycles. The molecule has 0 radical (unpaired) electrons. The van der Waals surface area contributed by atoms with Crippen molar-refractivity contribution in [3.8, 4) is 0 Å². The van der Waals surface area contributed by atoms with Crippen molar-refractivity contribution >= 4 is 39.9 Å². The van der Waals surface area contributed by atoms with Crippen molar-refractivity contribution in [3.05, 3.63) is 118 Å². The van der Waals surface area contributed by atoms with E-state index in [-0.39, 0.29) is 23.2 Å². The van der Waals surface area contributed by atoms with Crippen LogP contribution in [0.25, 0.3) is 10.8 Å². The minimum Gasteiger partial charge on any atom is -0.324 e. The highest BCUT2D eigenvalue weighted by molar-refractivity contribution is 6.23. The number of hydrogen-bond acceptors (Lipinski definition) is 5. The van der Waals surface area contributed by atoms with Crippen LogP contribution in [0.4, 0.5) is 11.4 Å². The maximum atomic E-state index is 13.6. The van der Waals surface area contributed by atoms with Crippen LogP contribution in [0.15, 0.2) is 91.0 Å². The van der Waals surface area contributed by atoms with Crippen molar-refractivity contribution in [2.24, 2.45) is 0 Å². The van der Waals surface area contributed by atoms with Crippen LogP contribution in [0.5, 0.6) is 0 Å². The van der Waals surface area contributed by atoms with Gasteiger partial charge in [-0.3, -0.25) is 29.4 Å². The van der Waals surface area contributed by atoms with Gasteiger partial charge in [0.25, 0.3) is 17.5 Å². The number of nitro benzene ring substituents is 1. The Balaban J connectivity index is 1.54. The van der Waals surface area contributed by atoms with E-state index in [1.807, 2.05) is 30.3 Å². The lowest BCUT2D eigenvalue weighted by Crippen LogP contribution is -2.48. The fraction of sp³-hybridized carbons (Fsp3) is 0.0741. The first-order valence-corrected chi connectivity index (χ1v) is 10.9. The summed E-state index contributed by atoms with van der Waals surface area (Å²) < 4.78 is 0. The summed E-state index contributed by atoms with van der Waals surface area (Å²) in [5, 5.41) is 15.8. The number of nitrogens with one attached hydrogen (secondary N) is 1. The third-order valence-electron chi connectivity index (χ3n) is 6.04. The first-order chi connectivity index (χ1) is 16.9. The summed E-state index contributed by atoms with van der Waals surface area (Å²) >= 11 is 0. The Labute approximate surface area is 199 Å². The number of anilines is 1. The molecule has 8 heteroatoms. The molecule has 0 saturated heterocycles. The van der Waals surface area contributed by atoms with Crippen LogP contribution in [0.2, 0.25) is 0 Å². The zero-order chi connectivity index (χ0) is 24.5. The molecular formula is C27H19N3O5. The van der Waals surface area contributed by atoms with Crippen LogP contribution in [0.1, 0.15) is 26.3 Å². The van der Waals surface area contributed by atoms with Gasteiger partial charge in [-0.05, 0) is 29.1 Å². The molecule has 0 spiro atoms. The Morgan fingerprint density at radius 3 is 2.20 bits per heavy atom. The van der Waals surface area contributed by atoms with E-state index in [0.717, 1.165) is 15.7 Å². The second-order valence-corrected chi connectivity index (χ2v) is 8.19. The molecule has 1 unspecified atom stereocenters. The fourth-order valence-electron chi connectivity index (χ4n) is 4.36. The lowest BCUT2D eigenvalue weighted by Gasteiger charge is -2.26. The Hall–Kier alpha value is -4.85. The van der Waals surface area contributed by atoms with Gasteiger partial charge in [-0.2, -0.15) is 0 Å². The molecule has 1 aliphatic rings. The quantitative estimate of drug-likeness (QED) is 0.254. The predicted molar refractivity (Wildman–Crippen MR) is 130 cm³/mol. The normalized spacial score (nSPS) is 13.5. The van der Waals surface area contributed by atoms with Crippen molar-refractivity contribution in [1.82, 2.24) is 4.90 Å². The van der Waals surface area contributed by atoms with Gasteiger partial charge in [0.2, 0.25) is 5.91 Å². The monoisotopic (exact) mass is 465 g/mol. The number of rotatable bonds is 6. The van der Waals surface area contributed by atoms with E-state index in [4.69, 9.17) is 0 Å². The number of hydrogen-bond donors (Lipinski definition) is 1. The number of carbonyl (C=O) groups is 3. The molecule has 3 amide bonds. The Bertz CT molecular complexity index is 1470. The van der Waals surface area contributed by atoms with Crippen LogP contribution in [-0.2, 0) is 11.2 Å². The fourth-order valence-corrected chi connectivity index (χ4v) is 4.36. The standard InChI is InChI=1S/C27H19N3O5/c31-25(28-23-14-6-9-18-8-1-2-11-20(18)23)24(16-17-7-5-10-19(15-17)30(34)35)29-26(32)21-12-3-4-13-22(21)27(29)33/h1-15,24H,16H2,(H,28,31). The lowest BCUT2D eigenvalue weighted by molar-refractivity contribution is -0.384. The summed E-state index contributed by atoms with van der Waals surface area (Å²) in [5.41, 5.74) is 1.29. The molecule has 5 rings (SSSR count). The van der Waals surface area contributed by atoms with E-state index < -0.39 is 28.7 Å². The highest BCUT2D eigenvalue weighted by Gasteiger charge is 2.42. The zero-order valence-electron chi connectivity index (χ0n) is 18.4. The first-order valence-electron chi connectivity index (χ1n) is 10.9. The van der Waals surface area contributed by atoms with Crippen molar-refractivity contribution in [3.63, 3.8) is 0 Å². The summed E-state index contributed by atoms with van der Waals surface area (Å²) in [5.74, 6) is -1.72. The van der Waals surface area contributed by atoms with E-state index in [2.05, 4.69) is 5.32 Å². The zero-order valence-corrected chi connectivity index (χ0v) is 18.4. The van der Waals surface area contributed by atoms with E-state index >= 15 is 0 Å². The second kappa shape index (κ2) is 8.83. The smallest absolute Gasteiger partial charge is 0.269 e. The SMILES string of the molecule is O=C(Nc1cccc2ccccc12)C(Cc1cccc([N+](=O)[O-])c1)N1C(=O)c2ccccc2C1=O. The molecule has 1 atom stereocenters. The number of benzene rings is 4. The topological polar surface area (TPSA) is 110 Å². The van der Waals surface area contributed by atoms with Crippen molar-refractivity contribution in [1.29, 1.82) is 0 Å². The van der Waals surface area contributed by atoms with E-state index in [1.54, 1.807) is 42.5 Å². The molecular weight excluding hydrogens is 446 g/mol. The molecule has 0 aromatic heterocycles. The van der Waals surface area contributed by atoms with E-state index in [9.17, 15) is 24.5 Å². The molecule has 4 aromatic carbocycles. The lowest BCUT2D eigenvalue weighted by atomic mass is 10.0. The summed E-state index contributed by atoms with van der Waals surface area (Å²) in [4.78, 5) is 51.7. The van der Waals surface area contributed by atoms with Crippen LogP contribution >= 0.6 is 0 Å².